The Morgan fingerprint density at radius 3 is 3.06 bits per heavy atom. The Morgan fingerprint density at radius 2 is 2.28 bits per heavy atom. The Bertz CT molecular complexity index is 214. The van der Waals surface area contributed by atoms with Gasteiger partial charge in [-0.2, -0.15) is 0 Å². The van der Waals surface area contributed by atoms with Crippen molar-refractivity contribution in [3.05, 3.63) is 0 Å². The highest BCUT2D eigenvalue weighted by atomic mass is 16.5. The summed E-state index contributed by atoms with van der Waals surface area (Å²) in [7, 11) is 1.83. The second kappa shape index (κ2) is 7.43. The standard InChI is InChI=1S/C14H28N2O2/c1-3-16-7-8-18-14(11-16)10-15-12-5-4-6-13(9-12)17-2/h12-15H,3-11H2,1-2H3. The first-order valence-electron chi connectivity index (χ1n) is 7.42. The van der Waals surface area contributed by atoms with Crippen molar-refractivity contribution in [2.75, 3.05) is 39.9 Å². The molecule has 0 bridgehead atoms. The van der Waals surface area contributed by atoms with Crippen LogP contribution in [0.2, 0.25) is 0 Å². The second-order valence-electron chi connectivity index (χ2n) is 5.52. The van der Waals surface area contributed by atoms with Gasteiger partial charge in [0.25, 0.3) is 0 Å². The molecule has 0 radical (unpaired) electrons. The van der Waals surface area contributed by atoms with Gasteiger partial charge in [0.05, 0.1) is 18.8 Å². The van der Waals surface area contributed by atoms with Crippen LogP contribution in [-0.2, 0) is 9.47 Å². The van der Waals surface area contributed by atoms with Gasteiger partial charge in [-0.3, -0.25) is 4.90 Å². The average molecular weight is 256 g/mol. The number of rotatable bonds is 5. The molecule has 1 aliphatic carbocycles. The molecule has 1 aliphatic heterocycles. The SMILES string of the molecule is CCN1CCOC(CNC2CCCC(OC)C2)C1. The molecule has 4 heteroatoms. The maximum absolute atomic E-state index is 5.82. The molecule has 1 N–H and O–H groups in total. The summed E-state index contributed by atoms with van der Waals surface area (Å²) in [6, 6.07) is 0.615. The Hall–Kier alpha value is -0.160. The van der Waals surface area contributed by atoms with Crippen LogP contribution in [0.15, 0.2) is 0 Å². The third-order valence-electron chi connectivity index (χ3n) is 4.26. The van der Waals surface area contributed by atoms with Crippen LogP contribution in [0.4, 0.5) is 0 Å². The molecule has 106 valence electrons. The van der Waals surface area contributed by atoms with E-state index in [1.165, 1.54) is 19.3 Å². The van der Waals surface area contributed by atoms with Crippen LogP contribution in [0, 0.1) is 0 Å². The number of likely N-dealkylation sites (N-methyl/N-ethyl adjacent to an activating group) is 1. The predicted octanol–water partition coefficient (Wildman–Crippen LogP) is 1.25. The van der Waals surface area contributed by atoms with Crippen molar-refractivity contribution >= 4 is 0 Å². The molecule has 4 nitrogen and oxygen atoms in total. The summed E-state index contributed by atoms with van der Waals surface area (Å²) in [5.74, 6) is 0. The quantitative estimate of drug-likeness (QED) is 0.803. The first-order valence-corrected chi connectivity index (χ1v) is 7.42. The molecule has 0 aromatic heterocycles. The van der Waals surface area contributed by atoms with Gasteiger partial charge in [-0.25, -0.2) is 0 Å². The van der Waals surface area contributed by atoms with Crippen LogP contribution >= 0.6 is 0 Å². The van der Waals surface area contributed by atoms with Crippen LogP contribution in [-0.4, -0.2) is 63.0 Å². The first-order chi connectivity index (χ1) is 8.81. The van der Waals surface area contributed by atoms with E-state index in [-0.39, 0.29) is 0 Å². The molecular weight excluding hydrogens is 228 g/mol. The molecule has 0 amide bonds. The minimum atomic E-state index is 0.363. The van der Waals surface area contributed by atoms with E-state index in [2.05, 4.69) is 17.1 Å². The maximum Gasteiger partial charge on any atom is 0.0826 e. The lowest BCUT2D eigenvalue weighted by Gasteiger charge is -2.34. The van der Waals surface area contributed by atoms with Gasteiger partial charge in [0, 0.05) is 32.8 Å². The summed E-state index contributed by atoms with van der Waals surface area (Å²) >= 11 is 0. The highest BCUT2D eigenvalue weighted by Crippen LogP contribution is 2.20. The zero-order chi connectivity index (χ0) is 12.8. The lowest BCUT2D eigenvalue weighted by Crippen LogP contribution is -2.49. The van der Waals surface area contributed by atoms with E-state index in [0.717, 1.165) is 39.2 Å². The topological polar surface area (TPSA) is 33.7 Å². The summed E-state index contributed by atoms with van der Waals surface area (Å²) in [5, 5.41) is 3.67. The second-order valence-corrected chi connectivity index (χ2v) is 5.52. The van der Waals surface area contributed by atoms with Crippen LogP contribution in [0.3, 0.4) is 0 Å². The van der Waals surface area contributed by atoms with Gasteiger partial charge in [0.2, 0.25) is 0 Å². The van der Waals surface area contributed by atoms with Gasteiger partial charge in [-0.15, -0.1) is 0 Å². The minimum absolute atomic E-state index is 0.363. The van der Waals surface area contributed by atoms with E-state index in [1.54, 1.807) is 0 Å². The predicted molar refractivity (Wildman–Crippen MR) is 72.9 cm³/mol. The van der Waals surface area contributed by atoms with Crippen LogP contribution in [0.1, 0.15) is 32.6 Å². The Labute approximate surface area is 111 Å². The number of ether oxygens (including phenoxy) is 2. The molecule has 0 aromatic rings. The summed E-state index contributed by atoms with van der Waals surface area (Å²) in [5.41, 5.74) is 0. The van der Waals surface area contributed by atoms with Crippen molar-refractivity contribution in [1.82, 2.24) is 10.2 Å². The number of hydrogen-bond acceptors (Lipinski definition) is 4. The van der Waals surface area contributed by atoms with Gasteiger partial charge in [-0.05, 0) is 32.2 Å². The lowest BCUT2D eigenvalue weighted by atomic mass is 9.93. The van der Waals surface area contributed by atoms with Crippen LogP contribution in [0.25, 0.3) is 0 Å². The number of morpholine rings is 1. The van der Waals surface area contributed by atoms with E-state index < -0.39 is 0 Å². The smallest absolute Gasteiger partial charge is 0.0826 e. The molecular formula is C14H28N2O2. The van der Waals surface area contributed by atoms with Crippen molar-refractivity contribution in [3.8, 4) is 0 Å². The average Bonchev–Trinajstić information content (AvgIpc) is 2.45. The normalized spacial score (nSPS) is 34.7. The molecule has 18 heavy (non-hydrogen) atoms. The molecule has 2 fully saturated rings. The number of methoxy groups -OCH3 is 1. The Kier molecular flexibility index (Phi) is 5.89. The van der Waals surface area contributed by atoms with Gasteiger partial charge in [0.15, 0.2) is 0 Å². The monoisotopic (exact) mass is 256 g/mol. The molecule has 0 aromatic carbocycles. The lowest BCUT2D eigenvalue weighted by molar-refractivity contribution is -0.0283. The Balaban J connectivity index is 1.67. The number of nitrogens with zero attached hydrogens (tertiary/aromatic N) is 1. The molecule has 0 spiro atoms. The van der Waals surface area contributed by atoms with Crippen molar-refractivity contribution in [3.63, 3.8) is 0 Å². The van der Waals surface area contributed by atoms with Crippen molar-refractivity contribution in [2.45, 2.75) is 50.9 Å². The molecule has 3 atom stereocenters. The summed E-state index contributed by atoms with van der Waals surface area (Å²) in [6.45, 7) is 7.38. The zero-order valence-corrected chi connectivity index (χ0v) is 11.9. The van der Waals surface area contributed by atoms with Gasteiger partial charge >= 0.3 is 0 Å². The number of nitrogens with one attached hydrogen (secondary N) is 1. The van der Waals surface area contributed by atoms with Crippen molar-refractivity contribution in [2.24, 2.45) is 0 Å². The summed E-state index contributed by atoms with van der Waals surface area (Å²) in [4.78, 5) is 2.47. The third kappa shape index (κ3) is 4.19. The summed E-state index contributed by atoms with van der Waals surface area (Å²) < 4.78 is 11.3. The van der Waals surface area contributed by atoms with Gasteiger partial charge in [-0.1, -0.05) is 6.92 Å². The molecule has 1 saturated carbocycles. The van der Waals surface area contributed by atoms with Gasteiger partial charge in [0.1, 0.15) is 0 Å². The summed E-state index contributed by atoms with van der Waals surface area (Å²) in [6.07, 6.45) is 5.75. The van der Waals surface area contributed by atoms with E-state index in [9.17, 15) is 0 Å². The fourth-order valence-corrected chi connectivity index (χ4v) is 3.03. The van der Waals surface area contributed by atoms with E-state index in [1.807, 2.05) is 7.11 Å². The number of hydrogen-bond donors (Lipinski definition) is 1. The van der Waals surface area contributed by atoms with Crippen LogP contribution in [0.5, 0.6) is 0 Å². The molecule has 2 aliphatic rings. The fourth-order valence-electron chi connectivity index (χ4n) is 3.03. The highest BCUT2D eigenvalue weighted by molar-refractivity contribution is 4.81. The molecule has 1 heterocycles. The van der Waals surface area contributed by atoms with Crippen molar-refractivity contribution < 1.29 is 9.47 Å². The highest BCUT2D eigenvalue weighted by Gasteiger charge is 2.24. The largest absolute Gasteiger partial charge is 0.381 e. The minimum Gasteiger partial charge on any atom is -0.381 e. The molecule has 2 rings (SSSR count). The zero-order valence-electron chi connectivity index (χ0n) is 11.9. The van der Waals surface area contributed by atoms with E-state index in [0.29, 0.717) is 18.2 Å². The van der Waals surface area contributed by atoms with Gasteiger partial charge < -0.3 is 14.8 Å². The Morgan fingerprint density at radius 1 is 1.39 bits per heavy atom. The molecule has 3 unspecified atom stereocenters. The fraction of sp³-hybridized carbons (Fsp3) is 1.00. The van der Waals surface area contributed by atoms with Crippen molar-refractivity contribution in [1.29, 1.82) is 0 Å². The molecule has 1 saturated heterocycles. The van der Waals surface area contributed by atoms with E-state index in [4.69, 9.17) is 9.47 Å². The maximum atomic E-state index is 5.82. The first kappa shape index (κ1) is 14.3. The van der Waals surface area contributed by atoms with E-state index >= 15 is 0 Å². The van der Waals surface area contributed by atoms with Crippen LogP contribution < -0.4 is 5.32 Å². The third-order valence-corrected chi connectivity index (χ3v) is 4.26.